The van der Waals surface area contributed by atoms with Crippen molar-refractivity contribution in [2.24, 2.45) is 0 Å². The van der Waals surface area contributed by atoms with Gasteiger partial charge >= 0.3 is 0 Å². The van der Waals surface area contributed by atoms with Crippen LogP contribution in [0.5, 0.6) is 5.75 Å². The second-order valence-corrected chi connectivity index (χ2v) is 6.12. The zero-order chi connectivity index (χ0) is 19.2. The Labute approximate surface area is 161 Å². The first-order chi connectivity index (χ1) is 13.0. The summed E-state index contributed by atoms with van der Waals surface area (Å²) in [5, 5.41) is 5.83. The molecule has 2 N–H and O–H groups in total. The number of nitrogens with zero attached hydrogens (tertiary/aromatic N) is 1. The van der Waals surface area contributed by atoms with Crippen molar-refractivity contribution >= 4 is 28.9 Å². The van der Waals surface area contributed by atoms with Crippen molar-refractivity contribution in [1.29, 1.82) is 0 Å². The van der Waals surface area contributed by atoms with E-state index in [1.807, 2.05) is 24.3 Å². The van der Waals surface area contributed by atoms with E-state index in [9.17, 15) is 9.18 Å². The number of hydrogen-bond donors (Lipinski definition) is 2. The summed E-state index contributed by atoms with van der Waals surface area (Å²) in [4.78, 5) is 16.4. The molecule has 27 heavy (non-hydrogen) atoms. The molecule has 5 nitrogen and oxygen atoms in total. The molecular formula is C20H17ClFN3O2. The third-order valence-corrected chi connectivity index (χ3v) is 4.12. The summed E-state index contributed by atoms with van der Waals surface area (Å²) in [6, 6.07) is 15.1. The Hall–Kier alpha value is -3.12. The molecule has 0 aliphatic carbocycles. The molecule has 0 radical (unpaired) electrons. The van der Waals surface area contributed by atoms with Crippen molar-refractivity contribution in [2.45, 2.75) is 6.54 Å². The minimum atomic E-state index is -0.544. The second kappa shape index (κ2) is 8.51. The van der Waals surface area contributed by atoms with Gasteiger partial charge in [0, 0.05) is 24.1 Å². The Morgan fingerprint density at radius 3 is 2.59 bits per heavy atom. The lowest BCUT2D eigenvalue weighted by Gasteiger charge is -2.09. The predicted molar refractivity (Wildman–Crippen MR) is 104 cm³/mol. The fraction of sp³-hybridized carbons (Fsp3) is 0.100. The summed E-state index contributed by atoms with van der Waals surface area (Å²) in [6.07, 6.45) is 1.54. The van der Waals surface area contributed by atoms with Gasteiger partial charge in [0.05, 0.1) is 12.1 Å². The van der Waals surface area contributed by atoms with E-state index in [-0.39, 0.29) is 10.7 Å². The van der Waals surface area contributed by atoms with Crippen LogP contribution in [-0.2, 0) is 6.54 Å². The van der Waals surface area contributed by atoms with Crippen molar-refractivity contribution in [1.82, 2.24) is 4.98 Å². The van der Waals surface area contributed by atoms with Crippen molar-refractivity contribution in [2.75, 3.05) is 17.7 Å². The number of rotatable bonds is 6. The molecule has 0 spiro atoms. The molecule has 1 amide bonds. The molecule has 2 aromatic carbocycles. The Morgan fingerprint density at radius 1 is 1.11 bits per heavy atom. The van der Waals surface area contributed by atoms with E-state index < -0.39 is 11.7 Å². The van der Waals surface area contributed by atoms with E-state index in [1.165, 1.54) is 18.2 Å². The lowest BCUT2D eigenvalue weighted by Crippen LogP contribution is -2.14. The number of methoxy groups -OCH3 is 1. The maximum atomic E-state index is 13.2. The number of pyridine rings is 1. The minimum Gasteiger partial charge on any atom is -0.497 e. The second-order valence-electron chi connectivity index (χ2n) is 5.71. The number of hydrogen-bond acceptors (Lipinski definition) is 4. The summed E-state index contributed by atoms with van der Waals surface area (Å²) in [7, 11) is 1.62. The number of carbonyl (C=O) groups is 1. The van der Waals surface area contributed by atoms with Gasteiger partial charge in [-0.1, -0.05) is 23.7 Å². The van der Waals surface area contributed by atoms with Crippen LogP contribution in [0.1, 0.15) is 16.1 Å². The number of carbonyl (C=O) groups excluding carboxylic acids is 1. The maximum Gasteiger partial charge on any atom is 0.274 e. The Kier molecular flexibility index (Phi) is 5.88. The lowest BCUT2D eigenvalue weighted by molar-refractivity contribution is 0.102. The normalized spacial score (nSPS) is 10.3. The molecule has 1 aromatic heterocycles. The summed E-state index contributed by atoms with van der Waals surface area (Å²) >= 11 is 5.73. The van der Waals surface area contributed by atoms with Crippen LogP contribution in [0.4, 0.5) is 15.8 Å². The number of amides is 1. The molecule has 7 heteroatoms. The first-order valence-electron chi connectivity index (χ1n) is 8.14. The Balaban J connectivity index is 1.65. The number of benzene rings is 2. The van der Waals surface area contributed by atoms with Gasteiger partial charge in [-0.15, -0.1) is 0 Å². The van der Waals surface area contributed by atoms with E-state index in [0.29, 0.717) is 12.2 Å². The molecule has 0 unspecified atom stereocenters. The van der Waals surface area contributed by atoms with Crippen molar-refractivity contribution < 1.29 is 13.9 Å². The van der Waals surface area contributed by atoms with Gasteiger partial charge in [0.1, 0.15) is 17.3 Å². The zero-order valence-electron chi connectivity index (χ0n) is 14.5. The number of aromatic nitrogens is 1. The summed E-state index contributed by atoms with van der Waals surface area (Å²) in [6.45, 7) is 0.586. The van der Waals surface area contributed by atoms with Crippen LogP contribution < -0.4 is 15.4 Å². The predicted octanol–water partition coefficient (Wildman–Crippen LogP) is 4.75. The van der Waals surface area contributed by atoms with Crippen LogP contribution in [0.25, 0.3) is 0 Å². The minimum absolute atomic E-state index is 0.0596. The smallest absolute Gasteiger partial charge is 0.274 e. The molecule has 0 saturated heterocycles. The van der Waals surface area contributed by atoms with Crippen LogP contribution in [-0.4, -0.2) is 18.0 Å². The van der Waals surface area contributed by atoms with Crippen molar-refractivity contribution in [3.8, 4) is 5.75 Å². The van der Waals surface area contributed by atoms with E-state index in [0.717, 1.165) is 17.0 Å². The van der Waals surface area contributed by atoms with Crippen molar-refractivity contribution in [3.05, 3.63) is 82.9 Å². The maximum absolute atomic E-state index is 13.2. The molecule has 3 aromatic rings. The van der Waals surface area contributed by atoms with Gasteiger partial charge in [-0.2, -0.15) is 0 Å². The van der Waals surface area contributed by atoms with Gasteiger partial charge in [0.15, 0.2) is 0 Å². The van der Waals surface area contributed by atoms with Gasteiger partial charge in [-0.25, -0.2) is 4.39 Å². The fourth-order valence-electron chi connectivity index (χ4n) is 2.38. The Morgan fingerprint density at radius 2 is 1.89 bits per heavy atom. The first-order valence-corrected chi connectivity index (χ1v) is 8.52. The fourth-order valence-corrected chi connectivity index (χ4v) is 2.56. The summed E-state index contributed by atoms with van der Waals surface area (Å²) in [5.41, 5.74) is 2.45. The molecule has 0 aliphatic rings. The third kappa shape index (κ3) is 4.95. The highest BCUT2D eigenvalue weighted by atomic mass is 35.5. The number of anilines is 2. The quantitative estimate of drug-likeness (QED) is 0.643. The highest BCUT2D eigenvalue weighted by molar-refractivity contribution is 6.31. The van der Waals surface area contributed by atoms with Crippen LogP contribution in [0.15, 0.2) is 60.8 Å². The third-order valence-electron chi connectivity index (χ3n) is 3.83. The van der Waals surface area contributed by atoms with E-state index in [4.69, 9.17) is 16.3 Å². The molecule has 1 heterocycles. The molecule has 138 valence electrons. The largest absolute Gasteiger partial charge is 0.497 e. The number of ether oxygens (including phenoxy) is 1. The standard InChI is InChI=1S/C20H17ClFN3O2/c1-27-16-5-2-13(3-6-16)12-24-14-8-9-23-19(11-14)20(26)25-15-4-7-18(22)17(21)10-15/h2-11H,12H2,1H3,(H,23,24)(H,25,26). The van der Waals surface area contributed by atoms with Gasteiger partial charge < -0.3 is 15.4 Å². The van der Waals surface area contributed by atoms with Crippen LogP contribution in [0, 0.1) is 5.82 Å². The van der Waals surface area contributed by atoms with Gasteiger partial charge in [-0.3, -0.25) is 9.78 Å². The molecule has 0 saturated carbocycles. The molecule has 0 aliphatic heterocycles. The van der Waals surface area contributed by atoms with Crippen LogP contribution in [0.3, 0.4) is 0 Å². The molecule has 0 bridgehead atoms. The molecular weight excluding hydrogens is 369 g/mol. The van der Waals surface area contributed by atoms with E-state index in [2.05, 4.69) is 15.6 Å². The van der Waals surface area contributed by atoms with Gasteiger partial charge in [-0.05, 0) is 48.0 Å². The molecule has 3 rings (SSSR count). The van der Waals surface area contributed by atoms with E-state index in [1.54, 1.807) is 25.4 Å². The molecule has 0 atom stereocenters. The summed E-state index contributed by atoms with van der Waals surface area (Å²) in [5.74, 6) is -0.161. The van der Waals surface area contributed by atoms with Gasteiger partial charge in [0.2, 0.25) is 0 Å². The average molecular weight is 386 g/mol. The number of halogens is 2. The van der Waals surface area contributed by atoms with Crippen LogP contribution in [0.2, 0.25) is 5.02 Å². The van der Waals surface area contributed by atoms with Crippen LogP contribution >= 0.6 is 11.6 Å². The SMILES string of the molecule is COc1ccc(CNc2ccnc(C(=O)Nc3ccc(F)c(Cl)c3)c2)cc1. The first kappa shape index (κ1) is 18.7. The Bertz CT molecular complexity index is 948. The van der Waals surface area contributed by atoms with Crippen molar-refractivity contribution in [3.63, 3.8) is 0 Å². The average Bonchev–Trinajstić information content (AvgIpc) is 2.70. The topological polar surface area (TPSA) is 63.2 Å². The highest BCUT2D eigenvalue weighted by Crippen LogP contribution is 2.20. The highest BCUT2D eigenvalue weighted by Gasteiger charge is 2.10. The summed E-state index contributed by atoms with van der Waals surface area (Å²) < 4.78 is 18.3. The lowest BCUT2D eigenvalue weighted by atomic mass is 10.2. The molecule has 0 fully saturated rings. The monoisotopic (exact) mass is 385 g/mol. The number of nitrogens with one attached hydrogen (secondary N) is 2. The van der Waals surface area contributed by atoms with E-state index >= 15 is 0 Å². The van der Waals surface area contributed by atoms with Gasteiger partial charge in [0.25, 0.3) is 5.91 Å². The zero-order valence-corrected chi connectivity index (χ0v) is 15.3.